The maximum absolute atomic E-state index is 12.8. The van der Waals surface area contributed by atoms with Crippen LogP contribution in [0, 0.1) is 23.7 Å². The van der Waals surface area contributed by atoms with E-state index in [2.05, 4.69) is 69.3 Å². The van der Waals surface area contributed by atoms with E-state index in [4.69, 9.17) is 4.74 Å². The van der Waals surface area contributed by atoms with Crippen LogP contribution >= 0.6 is 31.9 Å². The van der Waals surface area contributed by atoms with Gasteiger partial charge in [-0.05, 0) is 89.5 Å². The van der Waals surface area contributed by atoms with Crippen molar-refractivity contribution in [3.05, 3.63) is 26.6 Å². The zero-order chi connectivity index (χ0) is 23.1. The molecular weight excluding hydrogens is 532 g/mol. The molecular formula is C26H40Br2N2O2. The maximum atomic E-state index is 12.8. The molecule has 0 spiro atoms. The van der Waals surface area contributed by atoms with E-state index in [-0.39, 0.29) is 18.6 Å². The lowest BCUT2D eigenvalue weighted by molar-refractivity contribution is -0.126. The molecule has 1 aromatic carbocycles. The number of halogens is 2. The minimum absolute atomic E-state index is 0.0812. The average molecular weight is 572 g/mol. The van der Waals surface area contributed by atoms with Crippen LogP contribution in [0.1, 0.15) is 77.7 Å². The second kappa shape index (κ2) is 12.9. The average Bonchev–Trinajstić information content (AvgIpc) is 2.75. The third-order valence-electron chi connectivity index (χ3n) is 7.26. The molecule has 1 aromatic rings. The van der Waals surface area contributed by atoms with E-state index in [0.717, 1.165) is 45.6 Å². The fraction of sp³-hybridized carbons (Fsp3) is 0.731. The van der Waals surface area contributed by atoms with Gasteiger partial charge in [0.05, 0.1) is 11.8 Å². The Morgan fingerprint density at radius 1 is 1.12 bits per heavy atom. The Bertz CT molecular complexity index is 750. The van der Waals surface area contributed by atoms with E-state index >= 15 is 0 Å². The molecule has 2 saturated carbocycles. The van der Waals surface area contributed by atoms with Crippen LogP contribution in [-0.4, -0.2) is 25.2 Å². The summed E-state index contributed by atoms with van der Waals surface area (Å²) in [5.74, 6) is 2.48. The van der Waals surface area contributed by atoms with Crippen molar-refractivity contribution in [1.29, 1.82) is 0 Å². The van der Waals surface area contributed by atoms with Crippen molar-refractivity contribution >= 4 is 43.5 Å². The number of nitrogens with one attached hydrogen (secondary N) is 2. The predicted octanol–water partition coefficient (Wildman–Crippen LogP) is 7.30. The normalized spacial score (nSPS) is 24.6. The van der Waals surface area contributed by atoms with Crippen molar-refractivity contribution in [2.45, 2.75) is 84.8 Å². The second-order valence-corrected chi connectivity index (χ2v) is 12.1. The monoisotopic (exact) mass is 570 g/mol. The summed E-state index contributed by atoms with van der Waals surface area (Å²) in [5, 5.41) is 6.74. The molecule has 0 radical (unpaired) electrons. The summed E-state index contributed by atoms with van der Waals surface area (Å²) < 4.78 is 8.07. The van der Waals surface area contributed by atoms with Crippen molar-refractivity contribution in [2.24, 2.45) is 23.7 Å². The molecule has 3 atom stereocenters. The van der Waals surface area contributed by atoms with Crippen LogP contribution in [0.2, 0.25) is 0 Å². The Morgan fingerprint density at radius 3 is 2.59 bits per heavy atom. The molecule has 2 N–H and O–H groups in total. The highest BCUT2D eigenvalue weighted by Gasteiger charge is 2.31. The molecule has 32 heavy (non-hydrogen) atoms. The number of anilines is 1. The molecule has 3 unspecified atom stereocenters. The molecule has 6 heteroatoms. The highest BCUT2D eigenvalue weighted by molar-refractivity contribution is 9.11. The molecule has 0 saturated heterocycles. The summed E-state index contributed by atoms with van der Waals surface area (Å²) in [7, 11) is 0. The molecule has 0 aliphatic heterocycles. The number of rotatable bonds is 9. The SMILES string of the molecule is CC1CCC(C(C)C)C(OCC(=O)Nc2c(Br)cc(Br)cc2CNCC2CCCCC2)C1. The van der Waals surface area contributed by atoms with Gasteiger partial charge in [0.15, 0.2) is 0 Å². The second-order valence-electron chi connectivity index (χ2n) is 10.3. The number of carbonyl (C=O) groups is 1. The Morgan fingerprint density at radius 2 is 1.88 bits per heavy atom. The fourth-order valence-corrected chi connectivity index (χ4v) is 6.79. The summed E-state index contributed by atoms with van der Waals surface area (Å²) in [6.07, 6.45) is 10.4. The summed E-state index contributed by atoms with van der Waals surface area (Å²) in [6, 6.07) is 4.07. The number of hydrogen-bond acceptors (Lipinski definition) is 3. The van der Waals surface area contributed by atoms with Gasteiger partial charge in [0.1, 0.15) is 6.61 Å². The van der Waals surface area contributed by atoms with E-state index in [1.165, 1.54) is 44.9 Å². The zero-order valence-corrected chi connectivity index (χ0v) is 23.1. The Balaban J connectivity index is 1.57. The van der Waals surface area contributed by atoms with E-state index in [0.29, 0.717) is 17.8 Å². The van der Waals surface area contributed by atoms with E-state index < -0.39 is 0 Å². The molecule has 0 aromatic heterocycles. The van der Waals surface area contributed by atoms with Crippen LogP contribution in [-0.2, 0) is 16.1 Å². The highest BCUT2D eigenvalue weighted by atomic mass is 79.9. The van der Waals surface area contributed by atoms with Gasteiger partial charge in [-0.3, -0.25) is 4.79 Å². The van der Waals surface area contributed by atoms with Gasteiger partial charge in [0.2, 0.25) is 5.91 Å². The Labute approximate surface area is 211 Å². The molecule has 2 fully saturated rings. The first-order chi connectivity index (χ1) is 15.3. The third kappa shape index (κ3) is 7.82. The van der Waals surface area contributed by atoms with Crippen molar-refractivity contribution in [3.63, 3.8) is 0 Å². The maximum Gasteiger partial charge on any atom is 0.250 e. The largest absolute Gasteiger partial charge is 0.368 e. The Hall–Kier alpha value is -0.430. The summed E-state index contributed by atoms with van der Waals surface area (Å²) in [4.78, 5) is 12.8. The van der Waals surface area contributed by atoms with Crippen LogP contribution in [0.25, 0.3) is 0 Å². The lowest BCUT2D eigenvalue weighted by Crippen LogP contribution is -2.36. The van der Waals surface area contributed by atoms with Gasteiger partial charge >= 0.3 is 0 Å². The minimum atomic E-state index is -0.0812. The van der Waals surface area contributed by atoms with Gasteiger partial charge in [0.25, 0.3) is 0 Å². The number of ether oxygens (including phenoxy) is 1. The van der Waals surface area contributed by atoms with Gasteiger partial charge in [-0.25, -0.2) is 0 Å². The molecule has 4 nitrogen and oxygen atoms in total. The molecule has 180 valence electrons. The Kier molecular flexibility index (Phi) is 10.5. The van der Waals surface area contributed by atoms with Crippen LogP contribution in [0.3, 0.4) is 0 Å². The van der Waals surface area contributed by atoms with Gasteiger partial charge in [-0.1, -0.05) is 62.4 Å². The van der Waals surface area contributed by atoms with E-state index in [9.17, 15) is 4.79 Å². The third-order valence-corrected chi connectivity index (χ3v) is 8.35. The smallest absolute Gasteiger partial charge is 0.250 e. The summed E-state index contributed by atoms with van der Waals surface area (Å²) in [6.45, 7) is 8.71. The van der Waals surface area contributed by atoms with E-state index in [1.54, 1.807) is 0 Å². The number of benzene rings is 1. The standard InChI is InChI=1S/C26H40Br2N2O2/c1-17(2)22-10-9-18(3)11-24(22)32-16-25(31)30-26-20(12-21(27)13-23(26)28)15-29-14-19-7-5-4-6-8-19/h12-13,17-19,22,24,29H,4-11,14-16H2,1-3H3,(H,30,31). The first-order valence-electron chi connectivity index (χ1n) is 12.4. The fourth-order valence-electron chi connectivity index (χ4n) is 5.37. The molecule has 2 aliphatic rings. The van der Waals surface area contributed by atoms with Crippen LogP contribution in [0.15, 0.2) is 21.1 Å². The lowest BCUT2D eigenvalue weighted by Gasteiger charge is -2.37. The quantitative estimate of drug-likeness (QED) is 0.327. The van der Waals surface area contributed by atoms with Crippen molar-refractivity contribution < 1.29 is 9.53 Å². The summed E-state index contributed by atoms with van der Waals surface area (Å²) in [5.41, 5.74) is 1.93. The van der Waals surface area contributed by atoms with Crippen molar-refractivity contribution in [2.75, 3.05) is 18.5 Å². The molecule has 1 amide bonds. The van der Waals surface area contributed by atoms with Crippen LogP contribution in [0.4, 0.5) is 5.69 Å². The first-order valence-corrected chi connectivity index (χ1v) is 14.0. The van der Waals surface area contributed by atoms with Gasteiger partial charge in [-0.2, -0.15) is 0 Å². The van der Waals surface area contributed by atoms with Gasteiger partial charge < -0.3 is 15.4 Å². The lowest BCUT2D eigenvalue weighted by atomic mass is 9.75. The first kappa shape index (κ1) is 26.2. The number of amides is 1. The van der Waals surface area contributed by atoms with Crippen molar-refractivity contribution in [3.8, 4) is 0 Å². The molecule has 2 aliphatic carbocycles. The van der Waals surface area contributed by atoms with Gasteiger partial charge in [0, 0.05) is 15.5 Å². The summed E-state index contributed by atoms with van der Waals surface area (Å²) >= 11 is 7.24. The van der Waals surface area contributed by atoms with Gasteiger partial charge in [-0.15, -0.1) is 0 Å². The number of hydrogen-bond donors (Lipinski definition) is 2. The predicted molar refractivity (Wildman–Crippen MR) is 140 cm³/mol. The van der Waals surface area contributed by atoms with Crippen LogP contribution < -0.4 is 10.6 Å². The zero-order valence-electron chi connectivity index (χ0n) is 19.9. The molecule has 0 bridgehead atoms. The minimum Gasteiger partial charge on any atom is -0.368 e. The molecule has 3 rings (SSSR count). The number of carbonyl (C=O) groups excluding carboxylic acids is 1. The van der Waals surface area contributed by atoms with Crippen LogP contribution in [0.5, 0.6) is 0 Å². The molecule has 0 heterocycles. The van der Waals surface area contributed by atoms with Crippen molar-refractivity contribution in [1.82, 2.24) is 5.32 Å². The van der Waals surface area contributed by atoms with E-state index in [1.807, 2.05) is 6.07 Å². The topological polar surface area (TPSA) is 50.4 Å². The highest BCUT2D eigenvalue weighted by Crippen LogP contribution is 2.35.